The number of nitrogens with one attached hydrogen (secondary N) is 1. The summed E-state index contributed by atoms with van der Waals surface area (Å²) >= 11 is 0. The number of fused-ring (bicyclic) bond motifs is 1. The van der Waals surface area contributed by atoms with Gasteiger partial charge in [0.25, 0.3) is 0 Å². The molecule has 1 aromatic heterocycles. The van der Waals surface area contributed by atoms with Gasteiger partial charge in [0.15, 0.2) is 11.5 Å². The lowest BCUT2D eigenvalue weighted by atomic mass is 9.95. The van der Waals surface area contributed by atoms with Crippen molar-refractivity contribution >= 4 is 11.9 Å². The van der Waals surface area contributed by atoms with E-state index in [4.69, 9.17) is 14.2 Å². The quantitative estimate of drug-likeness (QED) is 0.473. The van der Waals surface area contributed by atoms with Crippen molar-refractivity contribution < 1.29 is 19.0 Å². The summed E-state index contributed by atoms with van der Waals surface area (Å²) in [5.74, 6) is 1.75. The van der Waals surface area contributed by atoms with Gasteiger partial charge >= 0.3 is 5.97 Å². The third kappa shape index (κ3) is 5.03. The number of aromatic nitrogens is 4. The van der Waals surface area contributed by atoms with Crippen LogP contribution in [0.4, 0.5) is 5.95 Å². The predicted molar refractivity (Wildman–Crippen MR) is 126 cm³/mol. The molecule has 178 valence electrons. The van der Waals surface area contributed by atoms with Gasteiger partial charge in [-0.05, 0) is 52.9 Å². The van der Waals surface area contributed by atoms with Crippen LogP contribution in [-0.2, 0) is 16.1 Å². The highest BCUT2D eigenvalue weighted by Crippen LogP contribution is 2.38. The average molecular weight is 464 g/mol. The molecule has 0 amide bonds. The van der Waals surface area contributed by atoms with Crippen molar-refractivity contribution in [1.82, 2.24) is 20.2 Å². The molecule has 34 heavy (non-hydrogen) atoms. The molecule has 1 aliphatic rings. The number of carbonyl (C=O) groups is 1. The SMILES string of the molecule is COc1cc(C2C(C(=O)OCc3ccccc3)=C(C)Nc3nnnn32)ccc1OCCC(C)C. The second-order valence-corrected chi connectivity index (χ2v) is 8.52. The standard InChI is InChI=1S/C25H29N5O4/c1-16(2)12-13-33-20-11-10-19(14-21(20)32-4)23-22(17(3)26-25-27-28-29-30(23)25)24(31)34-15-18-8-6-5-7-9-18/h5-11,14,16,23H,12-13,15H2,1-4H3,(H,26,27,29). The van der Waals surface area contributed by atoms with Crippen molar-refractivity contribution in [3.05, 3.63) is 70.9 Å². The predicted octanol–water partition coefficient (Wildman–Crippen LogP) is 4.14. The molecule has 2 heterocycles. The molecule has 0 spiro atoms. The van der Waals surface area contributed by atoms with Crippen LogP contribution in [0.15, 0.2) is 59.8 Å². The van der Waals surface area contributed by atoms with Gasteiger partial charge in [-0.15, -0.1) is 0 Å². The molecule has 9 nitrogen and oxygen atoms in total. The summed E-state index contributed by atoms with van der Waals surface area (Å²) in [6.45, 7) is 6.87. The third-order valence-electron chi connectivity index (χ3n) is 5.60. The van der Waals surface area contributed by atoms with Gasteiger partial charge in [0.1, 0.15) is 12.6 Å². The van der Waals surface area contributed by atoms with E-state index in [-0.39, 0.29) is 6.61 Å². The van der Waals surface area contributed by atoms with E-state index < -0.39 is 12.0 Å². The lowest BCUT2D eigenvalue weighted by molar-refractivity contribution is -0.140. The zero-order chi connectivity index (χ0) is 24.1. The van der Waals surface area contributed by atoms with Crippen LogP contribution in [0.2, 0.25) is 0 Å². The van der Waals surface area contributed by atoms with Crippen LogP contribution in [0.1, 0.15) is 44.4 Å². The van der Waals surface area contributed by atoms with Crippen molar-refractivity contribution in [2.45, 2.75) is 39.8 Å². The van der Waals surface area contributed by atoms with Gasteiger partial charge in [-0.3, -0.25) is 0 Å². The normalized spacial score (nSPS) is 15.0. The molecule has 0 fully saturated rings. The summed E-state index contributed by atoms with van der Waals surface area (Å²) in [7, 11) is 1.59. The fraction of sp³-hybridized carbons (Fsp3) is 0.360. The number of allylic oxidation sites excluding steroid dienone is 1. The van der Waals surface area contributed by atoms with Crippen LogP contribution in [-0.4, -0.2) is 39.9 Å². The summed E-state index contributed by atoms with van der Waals surface area (Å²) in [6, 6.07) is 14.6. The number of tetrazole rings is 1. The number of benzene rings is 2. The molecule has 0 radical (unpaired) electrons. The van der Waals surface area contributed by atoms with Gasteiger partial charge in [0, 0.05) is 5.70 Å². The van der Waals surface area contributed by atoms with Gasteiger partial charge < -0.3 is 19.5 Å². The lowest BCUT2D eigenvalue weighted by Gasteiger charge is -2.28. The van der Waals surface area contributed by atoms with Gasteiger partial charge in [-0.2, -0.15) is 4.68 Å². The first-order valence-electron chi connectivity index (χ1n) is 11.3. The maximum absolute atomic E-state index is 13.3. The molecule has 1 atom stereocenters. The molecule has 1 N–H and O–H groups in total. The zero-order valence-corrected chi connectivity index (χ0v) is 19.8. The molecule has 0 saturated heterocycles. The molecule has 9 heteroatoms. The van der Waals surface area contributed by atoms with E-state index in [2.05, 4.69) is 34.7 Å². The van der Waals surface area contributed by atoms with Crippen molar-refractivity contribution in [3.63, 3.8) is 0 Å². The summed E-state index contributed by atoms with van der Waals surface area (Å²) < 4.78 is 18.8. The maximum atomic E-state index is 13.3. The molecule has 4 rings (SSSR count). The smallest absolute Gasteiger partial charge is 0.338 e. The fourth-order valence-corrected chi connectivity index (χ4v) is 3.76. The minimum Gasteiger partial charge on any atom is -0.493 e. The Bertz CT molecular complexity index is 1170. The van der Waals surface area contributed by atoms with E-state index in [1.54, 1.807) is 11.8 Å². The largest absolute Gasteiger partial charge is 0.493 e. The van der Waals surface area contributed by atoms with Gasteiger partial charge in [-0.25, -0.2) is 4.79 Å². The van der Waals surface area contributed by atoms with Crippen molar-refractivity contribution in [2.24, 2.45) is 5.92 Å². The summed E-state index contributed by atoms with van der Waals surface area (Å²) in [5.41, 5.74) is 2.73. The number of ether oxygens (including phenoxy) is 3. The van der Waals surface area contributed by atoms with Gasteiger partial charge in [0.2, 0.25) is 5.95 Å². The van der Waals surface area contributed by atoms with Crippen molar-refractivity contribution in [2.75, 3.05) is 19.0 Å². The first-order valence-corrected chi connectivity index (χ1v) is 11.3. The molecule has 0 bridgehead atoms. The number of hydrogen-bond acceptors (Lipinski definition) is 8. The number of rotatable bonds is 9. The number of carbonyl (C=O) groups excluding carboxylic acids is 1. The number of methoxy groups -OCH3 is 1. The van der Waals surface area contributed by atoms with Crippen molar-refractivity contribution in [3.8, 4) is 11.5 Å². The second kappa shape index (κ2) is 10.4. The van der Waals surface area contributed by atoms with E-state index in [0.29, 0.717) is 41.2 Å². The number of nitrogens with zero attached hydrogens (tertiary/aromatic N) is 4. The van der Waals surface area contributed by atoms with Crippen LogP contribution in [0.25, 0.3) is 0 Å². The molecule has 0 saturated carbocycles. The molecule has 0 aliphatic carbocycles. The van der Waals surface area contributed by atoms with Gasteiger partial charge in [-0.1, -0.05) is 55.3 Å². The van der Waals surface area contributed by atoms with E-state index in [0.717, 1.165) is 17.5 Å². The average Bonchev–Trinajstić information content (AvgIpc) is 3.30. The Labute approximate surface area is 198 Å². The summed E-state index contributed by atoms with van der Waals surface area (Å²) in [6.07, 6.45) is 0.937. The summed E-state index contributed by atoms with van der Waals surface area (Å²) in [5, 5.41) is 15.0. The molecular formula is C25H29N5O4. The highest BCUT2D eigenvalue weighted by Gasteiger charge is 2.35. The molecule has 1 aliphatic heterocycles. The fourth-order valence-electron chi connectivity index (χ4n) is 3.76. The van der Waals surface area contributed by atoms with Crippen molar-refractivity contribution in [1.29, 1.82) is 0 Å². The lowest BCUT2D eigenvalue weighted by Crippen LogP contribution is -2.29. The monoisotopic (exact) mass is 463 g/mol. The summed E-state index contributed by atoms with van der Waals surface area (Å²) in [4.78, 5) is 13.3. The van der Waals surface area contributed by atoms with E-state index >= 15 is 0 Å². The first-order chi connectivity index (χ1) is 16.5. The Morgan fingerprint density at radius 1 is 1.15 bits per heavy atom. The Hall–Kier alpha value is -3.88. The Kier molecular flexibility index (Phi) is 7.10. The maximum Gasteiger partial charge on any atom is 0.338 e. The van der Waals surface area contributed by atoms with Crippen LogP contribution in [0.5, 0.6) is 11.5 Å². The zero-order valence-electron chi connectivity index (χ0n) is 19.8. The van der Waals surface area contributed by atoms with E-state index in [1.165, 1.54) is 0 Å². The second-order valence-electron chi connectivity index (χ2n) is 8.52. The van der Waals surface area contributed by atoms with Crippen LogP contribution >= 0.6 is 0 Å². The highest BCUT2D eigenvalue weighted by molar-refractivity contribution is 5.92. The highest BCUT2D eigenvalue weighted by atomic mass is 16.5. The molecule has 3 aromatic rings. The molecule has 1 unspecified atom stereocenters. The van der Waals surface area contributed by atoms with Crippen LogP contribution in [0, 0.1) is 5.92 Å². The molecular weight excluding hydrogens is 434 g/mol. The van der Waals surface area contributed by atoms with Crippen LogP contribution < -0.4 is 14.8 Å². The van der Waals surface area contributed by atoms with Crippen LogP contribution in [0.3, 0.4) is 0 Å². The third-order valence-corrected chi connectivity index (χ3v) is 5.60. The first kappa shape index (κ1) is 23.3. The Balaban J connectivity index is 1.64. The van der Waals surface area contributed by atoms with Gasteiger partial charge in [0.05, 0.1) is 19.3 Å². The van der Waals surface area contributed by atoms with E-state index in [9.17, 15) is 4.79 Å². The Morgan fingerprint density at radius 2 is 1.94 bits per heavy atom. The number of anilines is 1. The molecule has 2 aromatic carbocycles. The Morgan fingerprint density at radius 3 is 2.68 bits per heavy atom. The minimum absolute atomic E-state index is 0.164. The number of hydrogen-bond donors (Lipinski definition) is 1. The minimum atomic E-state index is -0.590. The number of esters is 1. The van der Waals surface area contributed by atoms with E-state index in [1.807, 2.05) is 55.5 Å². The topological polar surface area (TPSA) is 100 Å².